The van der Waals surface area contributed by atoms with Gasteiger partial charge < -0.3 is 0 Å². The molecule has 0 aromatic carbocycles. The fraction of sp³-hybridized carbons (Fsp3) is 0.222. The molecule has 52 valence electrons. The average molecular weight is 134 g/mol. The smallest absolute Gasteiger partial charge is 0.168 e. The standard InChI is InChI=1S/C9H12N/c1-3-4-9-5-7-10(2)8-6-9/h3,5-8H,1,4H2,2H3/q+1. The second-order valence-electron chi connectivity index (χ2n) is 2.36. The highest BCUT2D eigenvalue weighted by Crippen LogP contribution is 1.95. The van der Waals surface area contributed by atoms with Crippen LogP contribution in [0.2, 0.25) is 0 Å². The molecule has 0 N–H and O–H groups in total. The van der Waals surface area contributed by atoms with Gasteiger partial charge in [0.25, 0.3) is 0 Å². The molecule has 0 bridgehead atoms. The lowest BCUT2D eigenvalue weighted by Gasteiger charge is -1.91. The Balaban J connectivity index is 2.78. The first kappa shape index (κ1) is 7.00. The molecule has 0 saturated heterocycles. The number of aryl methyl sites for hydroxylation is 1. The largest absolute Gasteiger partial charge is 0.208 e. The maximum Gasteiger partial charge on any atom is 0.168 e. The van der Waals surface area contributed by atoms with Crippen molar-refractivity contribution in [3.63, 3.8) is 0 Å². The Bertz CT molecular complexity index is 211. The van der Waals surface area contributed by atoms with Gasteiger partial charge in [-0.15, -0.1) is 6.58 Å². The highest BCUT2D eigenvalue weighted by atomic mass is 14.9. The fourth-order valence-electron chi connectivity index (χ4n) is 0.835. The summed E-state index contributed by atoms with van der Waals surface area (Å²) >= 11 is 0. The van der Waals surface area contributed by atoms with Gasteiger partial charge in [0.2, 0.25) is 0 Å². The van der Waals surface area contributed by atoms with E-state index in [9.17, 15) is 0 Å². The van der Waals surface area contributed by atoms with Crippen molar-refractivity contribution in [2.75, 3.05) is 0 Å². The predicted molar refractivity (Wildman–Crippen MR) is 41.5 cm³/mol. The lowest BCUT2D eigenvalue weighted by molar-refractivity contribution is -0.671. The Labute approximate surface area is 61.6 Å². The lowest BCUT2D eigenvalue weighted by Crippen LogP contribution is -2.25. The molecule has 1 heterocycles. The molecular formula is C9H12N+. The molecule has 1 aromatic rings. The quantitative estimate of drug-likeness (QED) is 0.423. The normalized spacial score (nSPS) is 9.30. The van der Waals surface area contributed by atoms with Gasteiger partial charge in [0.05, 0.1) is 0 Å². The van der Waals surface area contributed by atoms with Gasteiger partial charge in [0.1, 0.15) is 7.05 Å². The predicted octanol–water partition coefficient (Wildman–Crippen LogP) is 1.24. The minimum absolute atomic E-state index is 0.959. The van der Waals surface area contributed by atoms with Crippen molar-refractivity contribution in [2.24, 2.45) is 7.05 Å². The van der Waals surface area contributed by atoms with Crippen molar-refractivity contribution in [1.82, 2.24) is 0 Å². The van der Waals surface area contributed by atoms with Crippen LogP contribution in [0.15, 0.2) is 37.2 Å². The molecule has 0 amide bonds. The minimum Gasteiger partial charge on any atom is -0.208 e. The van der Waals surface area contributed by atoms with Gasteiger partial charge in [0.15, 0.2) is 12.4 Å². The van der Waals surface area contributed by atoms with Crippen molar-refractivity contribution in [3.05, 3.63) is 42.7 Å². The zero-order chi connectivity index (χ0) is 7.40. The van der Waals surface area contributed by atoms with Crippen LogP contribution < -0.4 is 4.57 Å². The van der Waals surface area contributed by atoms with E-state index in [1.807, 2.05) is 30.1 Å². The van der Waals surface area contributed by atoms with E-state index in [0.717, 1.165) is 6.42 Å². The Morgan fingerprint density at radius 2 is 2.10 bits per heavy atom. The molecule has 0 fully saturated rings. The lowest BCUT2D eigenvalue weighted by atomic mass is 10.2. The van der Waals surface area contributed by atoms with Crippen molar-refractivity contribution in [1.29, 1.82) is 0 Å². The second kappa shape index (κ2) is 3.16. The Morgan fingerprint density at radius 3 is 2.60 bits per heavy atom. The van der Waals surface area contributed by atoms with Crippen LogP contribution >= 0.6 is 0 Å². The molecule has 0 spiro atoms. The zero-order valence-corrected chi connectivity index (χ0v) is 6.25. The molecule has 0 aliphatic carbocycles. The minimum atomic E-state index is 0.959. The van der Waals surface area contributed by atoms with E-state index < -0.39 is 0 Å². The third kappa shape index (κ3) is 1.69. The molecule has 1 heteroatoms. The molecule has 1 rings (SSSR count). The number of pyridine rings is 1. The monoisotopic (exact) mass is 134 g/mol. The summed E-state index contributed by atoms with van der Waals surface area (Å²) in [6.07, 6.45) is 6.95. The third-order valence-corrected chi connectivity index (χ3v) is 1.43. The van der Waals surface area contributed by atoms with Gasteiger partial charge in [-0.3, -0.25) is 0 Å². The molecule has 10 heavy (non-hydrogen) atoms. The summed E-state index contributed by atoms with van der Waals surface area (Å²) in [5.74, 6) is 0. The number of hydrogen-bond acceptors (Lipinski definition) is 0. The highest BCUT2D eigenvalue weighted by Gasteiger charge is 1.91. The Hall–Kier alpha value is -1.11. The number of hydrogen-bond donors (Lipinski definition) is 0. The van der Waals surface area contributed by atoms with Gasteiger partial charge in [0, 0.05) is 12.1 Å². The second-order valence-corrected chi connectivity index (χ2v) is 2.36. The van der Waals surface area contributed by atoms with Gasteiger partial charge in [-0.1, -0.05) is 6.08 Å². The van der Waals surface area contributed by atoms with E-state index >= 15 is 0 Å². The Morgan fingerprint density at radius 1 is 1.50 bits per heavy atom. The van der Waals surface area contributed by atoms with Crippen LogP contribution in [0.25, 0.3) is 0 Å². The summed E-state index contributed by atoms with van der Waals surface area (Å²) in [5, 5.41) is 0. The molecule has 1 nitrogen and oxygen atoms in total. The first-order valence-corrected chi connectivity index (χ1v) is 3.38. The van der Waals surface area contributed by atoms with Crippen LogP contribution in [0, 0.1) is 0 Å². The number of allylic oxidation sites excluding steroid dienone is 1. The van der Waals surface area contributed by atoms with Gasteiger partial charge in [-0.05, 0) is 12.0 Å². The summed E-state index contributed by atoms with van der Waals surface area (Å²) < 4.78 is 2.02. The van der Waals surface area contributed by atoms with Crippen molar-refractivity contribution in [2.45, 2.75) is 6.42 Å². The van der Waals surface area contributed by atoms with E-state index in [2.05, 4.69) is 18.7 Å². The number of rotatable bonds is 2. The van der Waals surface area contributed by atoms with Crippen LogP contribution in [0.5, 0.6) is 0 Å². The van der Waals surface area contributed by atoms with Gasteiger partial charge in [-0.25, -0.2) is 4.57 Å². The number of aromatic nitrogens is 1. The van der Waals surface area contributed by atoms with Crippen LogP contribution in [-0.4, -0.2) is 0 Å². The molecule has 0 radical (unpaired) electrons. The highest BCUT2D eigenvalue weighted by molar-refractivity contribution is 5.10. The van der Waals surface area contributed by atoms with Crippen molar-refractivity contribution >= 4 is 0 Å². The summed E-state index contributed by atoms with van der Waals surface area (Å²) in [6.45, 7) is 3.67. The topological polar surface area (TPSA) is 3.88 Å². The van der Waals surface area contributed by atoms with Crippen LogP contribution in [0.4, 0.5) is 0 Å². The van der Waals surface area contributed by atoms with E-state index in [1.54, 1.807) is 0 Å². The van der Waals surface area contributed by atoms with E-state index in [4.69, 9.17) is 0 Å². The van der Waals surface area contributed by atoms with Crippen molar-refractivity contribution in [3.8, 4) is 0 Å². The molecule has 0 saturated carbocycles. The maximum absolute atomic E-state index is 3.67. The van der Waals surface area contributed by atoms with Gasteiger partial charge >= 0.3 is 0 Å². The Kier molecular flexibility index (Phi) is 2.21. The van der Waals surface area contributed by atoms with Gasteiger partial charge in [-0.2, -0.15) is 0 Å². The molecule has 0 atom stereocenters. The fourth-order valence-corrected chi connectivity index (χ4v) is 0.835. The molecular weight excluding hydrogens is 122 g/mol. The first-order valence-electron chi connectivity index (χ1n) is 3.38. The average Bonchev–Trinajstić information content (AvgIpc) is 1.95. The van der Waals surface area contributed by atoms with Crippen molar-refractivity contribution < 1.29 is 4.57 Å². The molecule has 0 aliphatic heterocycles. The van der Waals surface area contributed by atoms with Crippen LogP contribution in [0.3, 0.4) is 0 Å². The number of nitrogens with zero attached hydrogens (tertiary/aromatic N) is 1. The first-order chi connectivity index (χ1) is 4.83. The summed E-state index contributed by atoms with van der Waals surface area (Å²) in [7, 11) is 2.01. The van der Waals surface area contributed by atoms with Crippen LogP contribution in [0.1, 0.15) is 5.56 Å². The molecule has 0 aliphatic rings. The van der Waals surface area contributed by atoms with E-state index in [-0.39, 0.29) is 0 Å². The summed E-state index contributed by atoms with van der Waals surface area (Å²) in [5.41, 5.74) is 1.31. The molecule has 0 unspecified atom stereocenters. The third-order valence-electron chi connectivity index (χ3n) is 1.43. The zero-order valence-electron chi connectivity index (χ0n) is 6.25. The van der Waals surface area contributed by atoms with E-state index in [1.165, 1.54) is 5.56 Å². The maximum atomic E-state index is 3.67. The van der Waals surface area contributed by atoms with Crippen LogP contribution in [-0.2, 0) is 13.5 Å². The SMILES string of the molecule is C=CCc1cc[n+](C)cc1. The van der Waals surface area contributed by atoms with E-state index in [0.29, 0.717) is 0 Å². The summed E-state index contributed by atoms with van der Waals surface area (Å²) in [4.78, 5) is 0. The molecule has 1 aromatic heterocycles. The summed E-state index contributed by atoms with van der Waals surface area (Å²) in [6, 6.07) is 4.20.